The van der Waals surface area contributed by atoms with E-state index in [0.717, 1.165) is 71.0 Å². The summed E-state index contributed by atoms with van der Waals surface area (Å²) in [6, 6.07) is 16.4. The second-order valence-electron chi connectivity index (χ2n) is 14.2. The highest BCUT2D eigenvalue weighted by Crippen LogP contribution is 2.35. The Labute approximate surface area is 270 Å². The number of carbonyl (C=O) groups excluding carboxylic acids is 2. The lowest BCUT2D eigenvalue weighted by Gasteiger charge is -2.27. The van der Waals surface area contributed by atoms with E-state index in [4.69, 9.17) is 9.47 Å². The van der Waals surface area contributed by atoms with Gasteiger partial charge in [0.1, 0.15) is 22.9 Å². The summed E-state index contributed by atoms with van der Waals surface area (Å²) in [6.45, 7) is 12.6. The predicted molar refractivity (Wildman–Crippen MR) is 177 cm³/mol. The molecule has 10 nitrogen and oxygen atoms in total. The first-order valence-electron chi connectivity index (χ1n) is 16.1. The summed E-state index contributed by atoms with van der Waals surface area (Å²) in [5, 5.41) is 0. The Bertz CT molecular complexity index is 1590. The molecule has 46 heavy (non-hydrogen) atoms. The van der Waals surface area contributed by atoms with Gasteiger partial charge >= 0.3 is 12.2 Å². The van der Waals surface area contributed by atoms with Crippen LogP contribution < -0.4 is 0 Å². The van der Waals surface area contributed by atoms with Crippen LogP contribution in [-0.4, -0.2) is 66.2 Å². The topological polar surface area (TPSA) is 116 Å². The largest absolute Gasteiger partial charge is 0.444 e. The minimum Gasteiger partial charge on any atom is -0.444 e. The van der Waals surface area contributed by atoms with Crippen LogP contribution in [0.2, 0.25) is 0 Å². The number of likely N-dealkylation sites (tertiary alicyclic amines) is 2. The maximum atomic E-state index is 12.8. The molecule has 2 fully saturated rings. The molecule has 4 heterocycles. The molecular weight excluding hydrogens is 580 g/mol. The molecule has 2 aliphatic heterocycles. The van der Waals surface area contributed by atoms with Gasteiger partial charge in [0.25, 0.3) is 0 Å². The standard InChI is InChI=1S/C36H44N6O4/c1-35(2,3)45-33(43)41-17-9-15-29(41)31-37-21-27(39-31)25-13-7-11-23(19-25)24-12-8-14-26(20-24)28-22-38-32(40-28)30-16-10-18-42(30)34(44)46-36(4,5)6/h7-8,11-14,19-22,29-30H,9-10,15-18H2,1-6H3,(H,37,39)(H,38,40). The molecule has 2 aromatic carbocycles. The van der Waals surface area contributed by atoms with Crippen molar-refractivity contribution in [3.05, 3.63) is 72.6 Å². The van der Waals surface area contributed by atoms with Gasteiger partial charge in [-0.1, -0.05) is 36.4 Å². The van der Waals surface area contributed by atoms with Gasteiger partial charge in [0.15, 0.2) is 0 Å². The Morgan fingerprint density at radius 3 is 1.46 bits per heavy atom. The number of benzene rings is 2. The Balaban J connectivity index is 1.19. The Hall–Kier alpha value is -4.60. The van der Waals surface area contributed by atoms with Gasteiger partial charge in [0, 0.05) is 24.2 Å². The third-order valence-electron chi connectivity index (χ3n) is 8.26. The lowest BCUT2D eigenvalue weighted by Crippen LogP contribution is -2.36. The van der Waals surface area contributed by atoms with Crippen molar-refractivity contribution in [3.8, 4) is 33.6 Å². The van der Waals surface area contributed by atoms with E-state index in [0.29, 0.717) is 13.1 Å². The van der Waals surface area contributed by atoms with Gasteiger partial charge in [-0.3, -0.25) is 9.80 Å². The van der Waals surface area contributed by atoms with Gasteiger partial charge in [-0.2, -0.15) is 0 Å². The highest BCUT2D eigenvalue weighted by molar-refractivity contribution is 5.75. The molecule has 0 saturated carbocycles. The number of ether oxygens (including phenoxy) is 2. The number of nitrogens with zero attached hydrogens (tertiary/aromatic N) is 4. The van der Waals surface area contributed by atoms with Crippen LogP contribution in [0.1, 0.15) is 91.0 Å². The van der Waals surface area contributed by atoms with Gasteiger partial charge in [-0.05, 0) is 90.5 Å². The number of carbonyl (C=O) groups is 2. The molecule has 10 heteroatoms. The van der Waals surface area contributed by atoms with Crippen molar-refractivity contribution >= 4 is 12.2 Å². The highest BCUT2D eigenvalue weighted by Gasteiger charge is 2.36. The van der Waals surface area contributed by atoms with Crippen LogP contribution in [0.15, 0.2) is 60.9 Å². The zero-order valence-corrected chi connectivity index (χ0v) is 27.6. The molecular formula is C36H44N6O4. The molecule has 0 radical (unpaired) electrons. The van der Waals surface area contributed by atoms with E-state index in [2.05, 4.69) is 56.3 Å². The fraction of sp³-hybridized carbons (Fsp3) is 0.444. The zero-order chi connectivity index (χ0) is 32.6. The third-order valence-corrected chi connectivity index (χ3v) is 8.26. The van der Waals surface area contributed by atoms with E-state index in [1.54, 1.807) is 9.80 Å². The van der Waals surface area contributed by atoms with E-state index in [-0.39, 0.29) is 24.3 Å². The van der Waals surface area contributed by atoms with Crippen molar-refractivity contribution in [1.82, 2.24) is 29.7 Å². The van der Waals surface area contributed by atoms with Gasteiger partial charge < -0.3 is 19.4 Å². The molecule has 0 spiro atoms. The Kier molecular flexibility index (Phi) is 8.39. The highest BCUT2D eigenvalue weighted by atomic mass is 16.6. The van der Waals surface area contributed by atoms with Crippen LogP contribution >= 0.6 is 0 Å². The van der Waals surface area contributed by atoms with Crippen LogP contribution in [0.25, 0.3) is 33.6 Å². The van der Waals surface area contributed by atoms with Crippen molar-refractivity contribution < 1.29 is 19.1 Å². The maximum Gasteiger partial charge on any atom is 0.410 e. The van der Waals surface area contributed by atoms with Crippen molar-refractivity contribution in [3.63, 3.8) is 0 Å². The molecule has 2 aliphatic rings. The second kappa shape index (κ2) is 12.3. The number of H-pyrrole nitrogens is 2. The fourth-order valence-electron chi connectivity index (χ4n) is 6.22. The summed E-state index contributed by atoms with van der Waals surface area (Å²) in [5.41, 5.74) is 4.86. The molecule has 2 amide bonds. The van der Waals surface area contributed by atoms with Crippen molar-refractivity contribution in [2.75, 3.05) is 13.1 Å². The summed E-state index contributed by atoms with van der Waals surface area (Å²) in [5.74, 6) is 1.54. The van der Waals surface area contributed by atoms with E-state index >= 15 is 0 Å². The lowest BCUT2D eigenvalue weighted by molar-refractivity contribution is 0.0208. The van der Waals surface area contributed by atoms with Crippen LogP contribution in [0, 0.1) is 0 Å². The first-order chi connectivity index (χ1) is 21.8. The summed E-state index contributed by atoms with van der Waals surface area (Å²) in [7, 11) is 0. The minimum atomic E-state index is -0.547. The molecule has 2 N–H and O–H groups in total. The molecule has 2 atom stereocenters. The van der Waals surface area contributed by atoms with Gasteiger partial charge in [-0.25, -0.2) is 19.6 Å². The number of aromatic nitrogens is 4. The van der Waals surface area contributed by atoms with E-state index in [1.165, 1.54) is 0 Å². The van der Waals surface area contributed by atoms with Crippen LogP contribution in [0.3, 0.4) is 0 Å². The van der Waals surface area contributed by atoms with E-state index < -0.39 is 11.2 Å². The summed E-state index contributed by atoms with van der Waals surface area (Å²) in [6.07, 6.45) is 6.57. The summed E-state index contributed by atoms with van der Waals surface area (Å²) in [4.78, 5) is 45.6. The van der Waals surface area contributed by atoms with Crippen molar-refractivity contribution in [2.24, 2.45) is 0 Å². The van der Waals surface area contributed by atoms with Gasteiger partial charge in [0.2, 0.25) is 0 Å². The number of hydrogen-bond donors (Lipinski definition) is 2. The van der Waals surface area contributed by atoms with E-state index in [1.807, 2.05) is 66.1 Å². The first-order valence-corrected chi connectivity index (χ1v) is 16.1. The van der Waals surface area contributed by atoms with Crippen LogP contribution in [0.5, 0.6) is 0 Å². The monoisotopic (exact) mass is 624 g/mol. The van der Waals surface area contributed by atoms with Gasteiger partial charge in [0.05, 0.1) is 35.9 Å². The quantitative estimate of drug-likeness (QED) is 0.231. The average Bonchev–Trinajstić information content (AvgIpc) is 3.81. The zero-order valence-electron chi connectivity index (χ0n) is 27.6. The SMILES string of the molecule is CC(C)(C)OC(=O)N1CCCC1c1ncc(-c2cccc(-c3cccc(-c4cnc(C5CCCN5C(=O)OC(C)(C)C)[nH]4)c3)c2)[nH]1. The average molecular weight is 625 g/mol. The molecule has 2 saturated heterocycles. The Morgan fingerprint density at radius 2 is 1.07 bits per heavy atom. The molecule has 6 rings (SSSR count). The summed E-state index contributed by atoms with van der Waals surface area (Å²) < 4.78 is 11.3. The molecule has 242 valence electrons. The number of amides is 2. The fourth-order valence-corrected chi connectivity index (χ4v) is 6.22. The number of nitrogens with one attached hydrogen (secondary N) is 2. The first kappa shape index (κ1) is 31.4. The Morgan fingerprint density at radius 1 is 0.674 bits per heavy atom. The third kappa shape index (κ3) is 6.95. The van der Waals surface area contributed by atoms with Crippen LogP contribution in [-0.2, 0) is 9.47 Å². The van der Waals surface area contributed by atoms with Crippen LogP contribution in [0.4, 0.5) is 9.59 Å². The molecule has 2 aromatic heterocycles. The number of imidazole rings is 2. The number of hydrogen-bond acceptors (Lipinski definition) is 6. The van der Waals surface area contributed by atoms with Crippen molar-refractivity contribution in [2.45, 2.75) is 90.5 Å². The second-order valence-corrected chi connectivity index (χ2v) is 14.2. The molecule has 0 aliphatic carbocycles. The minimum absolute atomic E-state index is 0.136. The number of rotatable bonds is 5. The lowest BCUT2D eigenvalue weighted by atomic mass is 9.99. The van der Waals surface area contributed by atoms with Gasteiger partial charge in [-0.15, -0.1) is 0 Å². The molecule has 4 aromatic rings. The van der Waals surface area contributed by atoms with Crippen molar-refractivity contribution in [1.29, 1.82) is 0 Å². The molecule has 2 unspecified atom stereocenters. The normalized spacial score (nSPS) is 18.7. The summed E-state index contributed by atoms with van der Waals surface area (Å²) >= 11 is 0. The molecule has 0 bridgehead atoms. The number of aromatic amines is 2. The smallest absolute Gasteiger partial charge is 0.410 e. The maximum absolute atomic E-state index is 12.8. The predicted octanol–water partition coefficient (Wildman–Crippen LogP) is 8.28. The van der Waals surface area contributed by atoms with E-state index in [9.17, 15) is 9.59 Å².